The maximum absolute atomic E-state index is 13.4. The van der Waals surface area contributed by atoms with Crippen molar-refractivity contribution in [1.82, 2.24) is 0 Å². The van der Waals surface area contributed by atoms with Crippen molar-refractivity contribution in [3.05, 3.63) is 58.9 Å². The highest BCUT2D eigenvalue weighted by Crippen LogP contribution is 2.26. The fourth-order valence-corrected chi connectivity index (χ4v) is 1.92. The predicted molar refractivity (Wildman–Crippen MR) is 68.3 cm³/mol. The molecule has 0 spiro atoms. The molecule has 0 amide bonds. The van der Waals surface area contributed by atoms with Crippen LogP contribution in [0, 0.1) is 19.7 Å². The molecule has 3 heteroatoms. The normalized spacial score (nSPS) is 10.4. The minimum atomic E-state index is -1.12. The van der Waals surface area contributed by atoms with Gasteiger partial charge in [-0.15, -0.1) is 0 Å². The first-order valence-corrected chi connectivity index (χ1v) is 5.59. The molecule has 0 unspecified atom stereocenters. The lowest BCUT2D eigenvalue weighted by Gasteiger charge is -2.08. The average molecular weight is 244 g/mol. The zero-order valence-electron chi connectivity index (χ0n) is 10.2. The summed E-state index contributed by atoms with van der Waals surface area (Å²) < 4.78 is 13.4. The summed E-state index contributed by atoms with van der Waals surface area (Å²) in [6, 6.07) is 9.71. The van der Waals surface area contributed by atoms with Crippen molar-refractivity contribution in [1.29, 1.82) is 0 Å². The molecule has 0 aromatic heterocycles. The maximum atomic E-state index is 13.4. The van der Waals surface area contributed by atoms with Gasteiger partial charge in [-0.2, -0.15) is 0 Å². The lowest BCUT2D eigenvalue weighted by atomic mass is 9.97. The number of hydrogen-bond acceptors (Lipinski definition) is 1. The standard InChI is InChI=1S/C15H13FO2/c1-9-3-4-10(2)14(5-9)11-6-12(15(17)18)8-13(16)7-11/h3-8H,1-2H3,(H,17,18). The number of carboxylic acid groups (broad SMARTS) is 1. The summed E-state index contributed by atoms with van der Waals surface area (Å²) in [7, 11) is 0. The van der Waals surface area contributed by atoms with Crippen LogP contribution in [0.2, 0.25) is 0 Å². The van der Waals surface area contributed by atoms with Crippen LogP contribution in [-0.2, 0) is 0 Å². The Labute approximate surface area is 105 Å². The third kappa shape index (κ3) is 2.40. The summed E-state index contributed by atoms with van der Waals surface area (Å²) >= 11 is 0. The van der Waals surface area contributed by atoms with Crippen molar-refractivity contribution in [2.45, 2.75) is 13.8 Å². The Morgan fingerprint density at radius 2 is 1.83 bits per heavy atom. The molecule has 0 aliphatic heterocycles. The van der Waals surface area contributed by atoms with E-state index in [2.05, 4.69) is 0 Å². The number of rotatable bonds is 2. The molecule has 0 aliphatic rings. The van der Waals surface area contributed by atoms with E-state index in [1.54, 1.807) is 0 Å². The summed E-state index contributed by atoms with van der Waals surface area (Å²) in [5.74, 6) is -1.66. The minimum Gasteiger partial charge on any atom is -0.478 e. The first-order chi connectivity index (χ1) is 8.47. The highest BCUT2D eigenvalue weighted by Gasteiger charge is 2.10. The van der Waals surface area contributed by atoms with Crippen LogP contribution >= 0.6 is 0 Å². The predicted octanol–water partition coefficient (Wildman–Crippen LogP) is 3.81. The molecule has 2 rings (SSSR count). The first kappa shape index (κ1) is 12.3. The number of aryl methyl sites for hydroxylation is 2. The molecule has 0 bridgehead atoms. The zero-order chi connectivity index (χ0) is 13.3. The Morgan fingerprint density at radius 1 is 1.11 bits per heavy atom. The van der Waals surface area contributed by atoms with Crippen LogP contribution in [0.25, 0.3) is 11.1 Å². The van der Waals surface area contributed by atoms with Gasteiger partial charge in [0.2, 0.25) is 0 Å². The Balaban J connectivity index is 2.63. The molecule has 92 valence electrons. The summed E-state index contributed by atoms with van der Waals surface area (Å²) in [6.45, 7) is 3.86. The van der Waals surface area contributed by atoms with Gasteiger partial charge in [-0.25, -0.2) is 9.18 Å². The van der Waals surface area contributed by atoms with Gasteiger partial charge in [0, 0.05) is 0 Å². The number of aromatic carboxylic acids is 1. The Kier molecular flexibility index (Phi) is 3.15. The van der Waals surface area contributed by atoms with Gasteiger partial charge in [-0.05, 0) is 48.7 Å². The minimum absolute atomic E-state index is 0.0362. The fraction of sp³-hybridized carbons (Fsp3) is 0.133. The van der Waals surface area contributed by atoms with Crippen LogP contribution < -0.4 is 0 Å². The van der Waals surface area contributed by atoms with E-state index >= 15 is 0 Å². The second kappa shape index (κ2) is 4.61. The van der Waals surface area contributed by atoms with Crippen molar-refractivity contribution >= 4 is 5.97 Å². The van der Waals surface area contributed by atoms with E-state index in [9.17, 15) is 9.18 Å². The summed E-state index contributed by atoms with van der Waals surface area (Å²) in [5, 5.41) is 8.94. The monoisotopic (exact) mass is 244 g/mol. The maximum Gasteiger partial charge on any atom is 0.335 e. The molecular weight excluding hydrogens is 231 g/mol. The molecule has 0 fully saturated rings. The smallest absolute Gasteiger partial charge is 0.335 e. The molecule has 0 radical (unpaired) electrons. The number of carbonyl (C=O) groups is 1. The van der Waals surface area contributed by atoms with E-state index < -0.39 is 11.8 Å². The third-order valence-corrected chi connectivity index (χ3v) is 2.85. The van der Waals surface area contributed by atoms with Crippen molar-refractivity contribution in [3.8, 4) is 11.1 Å². The lowest BCUT2D eigenvalue weighted by Crippen LogP contribution is -1.98. The van der Waals surface area contributed by atoms with Gasteiger partial charge in [-0.1, -0.05) is 23.8 Å². The molecule has 0 saturated carbocycles. The van der Waals surface area contributed by atoms with Gasteiger partial charge in [0.15, 0.2) is 0 Å². The molecule has 0 saturated heterocycles. The quantitative estimate of drug-likeness (QED) is 0.872. The van der Waals surface area contributed by atoms with Crippen molar-refractivity contribution in [2.24, 2.45) is 0 Å². The summed E-state index contributed by atoms with van der Waals surface area (Å²) in [4.78, 5) is 10.9. The van der Waals surface area contributed by atoms with Crippen LogP contribution in [0.1, 0.15) is 21.5 Å². The lowest BCUT2D eigenvalue weighted by molar-refractivity contribution is 0.0696. The van der Waals surface area contributed by atoms with E-state index in [1.807, 2.05) is 32.0 Å². The van der Waals surface area contributed by atoms with Crippen LogP contribution in [0.5, 0.6) is 0 Å². The zero-order valence-corrected chi connectivity index (χ0v) is 10.2. The van der Waals surface area contributed by atoms with Crippen molar-refractivity contribution < 1.29 is 14.3 Å². The van der Waals surface area contributed by atoms with Gasteiger partial charge >= 0.3 is 5.97 Å². The molecule has 1 N–H and O–H groups in total. The van der Waals surface area contributed by atoms with Crippen LogP contribution in [0.4, 0.5) is 4.39 Å². The molecule has 0 atom stereocenters. The molecule has 2 aromatic carbocycles. The first-order valence-electron chi connectivity index (χ1n) is 5.59. The van der Waals surface area contributed by atoms with Crippen LogP contribution in [-0.4, -0.2) is 11.1 Å². The van der Waals surface area contributed by atoms with E-state index in [0.717, 1.165) is 22.8 Å². The highest BCUT2D eigenvalue weighted by molar-refractivity contribution is 5.89. The largest absolute Gasteiger partial charge is 0.478 e. The van der Waals surface area contributed by atoms with Crippen LogP contribution in [0.15, 0.2) is 36.4 Å². The highest BCUT2D eigenvalue weighted by atomic mass is 19.1. The number of benzene rings is 2. The molecule has 18 heavy (non-hydrogen) atoms. The SMILES string of the molecule is Cc1ccc(C)c(-c2cc(F)cc(C(=O)O)c2)c1. The summed E-state index contributed by atoms with van der Waals surface area (Å²) in [5.41, 5.74) is 3.45. The van der Waals surface area contributed by atoms with Crippen molar-refractivity contribution in [2.75, 3.05) is 0 Å². The number of carboxylic acids is 1. The van der Waals surface area contributed by atoms with Gasteiger partial charge < -0.3 is 5.11 Å². The van der Waals surface area contributed by atoms with Gasteiger partial charge in [0.1, 0.15) is 5.82 Å². The molecule has 2 nitrogen and oxygen atoms in total. The van der Waals surface area contributed by atoms with Gasteiger partial charge in [0.25, 0.3) is 0 Å². The molecular formula is C15H13FO2. The van der Waals surface area contributed by atoms with E-state index in [0.29, 0.717) is 5.56 Å². The second-order valence-electron chi connectivity index (χ2n) is 4.35. The number of hydrogen-bond donors (Lipinski definition) is 1. The molecule has 2 aromatic rings. The molecule has 0 aliphatic carbocycles. The Bertz CT molecular complexity index is 618. The Hall–Kier alpha value is -2.16. The van der Waals surface area contributed by atoms with E-state index in [1.165, 1.54) is 12.1 Å². The molecule has 0 heterocycles. The second-order valence-corrected chi connectivity index (χ2v) is 4.35. The number of halogens is 1. The average Bonchev–Trinajstić information content (AvgIpc) is 2.31. The third-order valence-electron chi connectivity index (χ3n) is 2.85. The Morgan fingerprint density at radius 3 is 2.50 bits per heavy atom. The van der Waals surface area contributed by atoms with E-state index in [4.69, 9.17) is 5.11 Å². The van der Waals surface area contributed by atoms with Gasteiger partial charge in [-0.3, -0.25) is 0 Å². The van der Waals surface area contributed by atoms with E-state index in [-0.39, 0.29) is 5.56 Å². The topological polar surface area (TPSA) is 37.3 Å². The summed E-state index contributed by atoms with van der Waals surface area (Å²) in [6.07, 6.45) is 0. The fourth-order valence-electron chi connectivity index (χ4n) is 1.92. The van der Waals surface area contributed by atoms with Crippen molar-refractivity contribution in [3.63, 3.8) is 0 Å². The van der Waals surface area contributed by atoms with Crippen LogP contribution in [0.3, 0.4) is 0 Å². The van der Waals surface area contributed by atoms with Gasteiger partial charge in [0.05, 0.1) is 5.56 Å².